The number of urea groups is 1. The van der Waals surface area contributed by atoms with Gasteiger partial charge in [-0.2, -0.15) is 0 Å². The molecule has 0 aliphatic heterocycles. The number of aryl methyl sites for hydroxylation is 1. The van der Waals surface area contributed by atoms with Crippen LogP contribution in [0.3, 0.4) is 0 Å². The van der Waals surface area contributed by atoms with Crippen LogP contribution in [0.15, 0.2) is 53.9 Å². The monoisotopic (exact) mass is 426 g/mol. The lowest BCUT2D eigenvalue weighted by Crippen LogP contribution is -2.28. The van der Waals surface area contributed by atoms with Gasteiger partial charge in [-0.1, -0.05) is 37.3 Å². The minimum Gasteiger partial charge on any atom is -0.350 e. The molecular weight excluding hydrogens is 403 g/mol. The quantitative estimate of drug-likeness (QED) is 0.506. The number of amides is 3. The van der Waals surface area contributed by atoms with Crippen LogP contribution in [0.1, 0.15) is 33.5 Å². The van der Waals surface area contributed by atoms with Crippen molar-refractivity contribution in [3.05, 3.63) is 81.6 Å². The fourth-order valence-corrected chi connectivity index (χ4v) is 3.47. The van der Waals surface area contributed by atoms with Gasteiger partial charge in [0.25, 0.3) is 5.91 Å². The lowest BCUT2D eigenvalue weighted by Gasteiger charge is -2.07. The van der Waals surface area contributed by atoms with Gasteiger partial charge in [-0.25, -0.2) is 14.2 Å². The van der Waals surface area contributed by atoms with Gasteiger partial charge in [-0.05, 0) is 42.2 Å². The van der Waals surface area contributed by atoms with Gasteiger partial charge in [-0.3, -0.25) is 4.79 Å². The van der Waals surface area contributed by atoms with E-state index in [0.29, 0.717) is 29.2 Å². The Morgan fingerprint density at radius 1 is 1.07 bits per heavy atom. The Labute approximate surface area is 178 Å². The van der Waals surface area contributed by atoms with Gasteiger partial charge in [0.05, 0.1) is 6.54 Å². The molecule has 1 heterocycles. The van der Waals surface area contributed by atoms with Crippen molar-refractivity contribution in [3.8, 4) is 0 Å². The molecule has 6 nitrogen and oxygen atoms in total. The fourth-order valence-electron chi connectivity index (χ4n) is 2.75. The van der Waals surface area contributed by atoms with Crippen molar-refractivity contribution in [1.29, 1.82) is 0 Å². The highest BCUT2D eigenvalue weighted by Crippen LogP contribution is 2.12. The molecule has 3 N–H and O–H groups in total. The largest absolute Gasteiger partial charge is 0.350 e. The van der Waals surface area contributed by atoms with Gasteiger partial charge in [0, 0.05) is 17.6 Å². The van der Waals surface area contributed by atoms with E-state index in [4.69, 9.17) is 0 Å². The Kier molecular flexibility index (Phi) is 7.51. The first-order valence-electron chi connectivity index (χ1n) is 9.65. The maximum Gasteiger partial charge on any atom is 0.319 e. The van der Waals surface area contributed by atoms with Gasteiger partial charge in [0.15, 0.2) is 0 Å². The second kappa shape index (κ2) is 10.5. The molecule has 0 aliphatic rings. The SMILES string of the molecule is CCc1ccc(NC(=O)NCc2nc(C(=O)NCCc3ccccc3F)cs2)cc1. The molecule has 1 aromatic heterocycles. The highest BCUT2D eigenvalue weighted by Gasteiger charge is 2.11. The maximum absolute atomic E-state index is 13.6. The first-order chi connectivity index (χ1) is 14.5. The molecule has 3 aromatic rings. The molecule has 0 unspecified atom stereocenters. The van der Waals surface area contributed by atoms with E-state index < -0.39 is 0 Å². The van der Waals surface area contributed by atoms with Crippen LogP contribution in [0.5, 0.6) is 0 Å². The van der Waals surface area contributed by atoms with Crippen molar-refractivity contribution in [2.45, 2.75) is 26.3 Å². The van der Waals surface area contributed by atoms with Crippen LogP contribution in [-0.2, 0) is 19.4 Å². The standard InChI is InChI=1S/C22H23FN4O2S/c1-2-15-7-9-17(10-8-15)26-22(29)25-13-20-27-19(14-30-20)21(28)24-12-11-16-5-3-4-6-18(16)23/h3-10,14H,2,11-13H2,1H3,(H,24,28)(H2,25,26,29). The molecule has 0 bridgehead atoms. The van der Waals surface area contributed by atoms with Crippen LogP contribution in [0, 0.1) is 5.82 Å². The average molecular weight is 427 g/mol. The molecule has 0 saturated carbocycles. The van der Waals surface area contributed by atoms with Crippen molar-refractivity contribution < 1.29 is 14.0 Å². The lowest BCUT2D eigenvalue weighted by atomic mass is 10.1. The number of nitrogens with one attached hydrogen (secondary N) is 3. The van der Waals surface area contributed by atoms with E-state index in [1.807, 2.05) is 24.3 Å². The number of thiazole rings is 1. The molecule has 0 aliphatic carbocycles. The van der Waals surface area contributed by atoms with Crippen molar-refractivity contribution >= 4 is 29.0 Å². The molecule has 0 fully saturated rings. The summed E-state index contributed by atoms with van der Waals surface area (Å²) in [5.41, 5.74) is 2.74. The highest BCUT2D eigenvalue weighted by molar-refractivity contribution is 7.09. The van der Waals surface area contributed by atoms with E-state index in [2.05, 4.69) is 27.9 Å². The second-order valence-electron chi connectivity index (χ2n) is 6.58. The summed E-state index contributed by atoms with van der Waals surface area (Å²) < 4.78 is 13.6. The lowest BCUT2D eigenvalue weighted by molar-refractivity contribution is 0.0949. The number of aromatic nitrogens is 1. The summed E-state index contributed by atoms with van der Waals surface area (Å²) in [6.07, 6.45) is 1.34. The Morgan fingerprint density at radius 3 is 2.57 bits per heavy atom. The topological polar surface area (TPSA) is 83.1 Å². The van der Waals surface area contributed by atoms with Gasteiger partial charge in [0.2, 0.25) is 0 Å². The van der Waals surface area contributed by atoms with E-state index in [9.17, 15) is 14.0 Å². The summed E-state index contributed by atoms with van der Waals surface area (Å²) in [6.45, 7) is 2.59. The number of halogens is 1. The summed E-state index contributed by atoms with van der Waals surface area (Å²) in [5.74, 6) is -0.609. The Morgan fingerprint density at radius 2 is 1.83 bits per heavy atom. The summed E-state index contributed by atoms with van der Waals surface area (Å²) in [6, 6.07) is 13.8. The predicted molar refractivity (Wildman–Crippen MR) is 116 cm³/mol. The average Bonchev–Trinajstić information content (AvgIpc) is 3.23. The predicted octanol–water partition coefficient (Wildman–Crippen LogP) is 4.14. The van der Waals surface area contributed by atoms with Crippen LogP contribution < -0.4 is 16.0 Å². The van der Waals surface area contributed by atoms with Crippen LogP contribution in [0.4, 0.5) is 14.9 Å². The van der Waals surface area contributed by atoms with Crippen molar-refractivity contribution in [3.63, 3.8) is 0 Å². The van der Waals surface area contributed by atoms with Crippen LogP contribution >= 0.6 is 11.3 Å². The number of benzene rings is 2. The molecule has 3 amide bonds. The number of anilines is 1. The molecule has 0 atom stereocenters. The minimum absolute atomic E-state index is 0.214. The number of nitrogens with zero attached hydrogens (tertiary/aromatic N) is 1. The minimum atomic E-state index is -0.342. The second-order valence-corrected chi connectivity index (χ2v) is 7.52. The van der Waals surface area contributed by atoms with E-state index in [1.165, 1.54) is 23.0 Å². The van der Waals surface area contributed by atoms with E-state index in [0.717, 1.165) is 6.42 Å². The van der Waals surface area contributed by atoms with Gasteiger partial charge in [0.1, 0.15) is 16.5 Å². The number of carbonyl (C=O) groups is 2. The molecule has 0 saturated heterocycles. The molecule has 156 valence electrons. The summed E-state index contributed by atoms with van der Waals surface area (Å²) in [4.78, 5) is 28.5. The molecule has 8 heteroatoms. The Hall–Kier alpha value is -3.26. The first kappa shape index (κ1) is 21.4. The van der Waals surface area contributed by atoms with E-state index in [1.54, 1.807) is 23.6 Å². The number of hydrogen-bond acceptors (Lipinski definition) is 4. The maximum atomic E-state index is 13.6. The normalized spacial score (nSPS) is 10.5. The summed E-state index contributed by atoms with van der Waals surface area (Å²) in [7, 11) is 0. The third-order valence-electron chi connectivity index (χ3n) is 4.44. The summed E-state index contributed by atoms with van der Waals surface area (Å²) >= 11 is 1.29. The van der Waals surface area contributed by atoms with E-state index in [-0.39, 0.29) is 30.0 Å². The van der Waals surface area contributed by atoms with Gasteiger partial charge in [-0.15, -0.1) is 11.3 Å². The number of hydrogen-bond donors (Lipinski definition) is 3. The van der Waals surface area contributed by atoms with Crippen molar-refractivity contribution in [2.24, 2.45) is 0 Å². The third kappa shape index (κ3) is 6.12. The first-order valence-corrected chi connectivity index (χ1v) is 10.5. The number of carbonyl (C=O) groups excluding carboxylic acids is 2. The van der Waals surface area contributed by atoms with Crippen molar-refractivity contribution in [1.82, 2.24) is 15.6 Å². The van der Waals surface area contributed by atoms with Gasteiger partial charge >= 0.3 is 6.03 Å². The molecule has 0 radical (unpaired) electrons. The molecule has 3 rings (SSSR count). The molecule has 30 heavy (non-hydrogen) atoms. The highest BCUT2D eigenvalue weighted by atomic mass is 32.1. The molecule has 0 spiro atoms. The zero-order valence-corrected chi connectivity index (χ0v) is 17.4. The van der Waals surface area contributed by atoms with Crippen LogP contribution in [-0.4, -0.2) is 23.5 Å². The fraction of sp³-hybridized carbons (Fsp3) is 0.227. The summed E-state index contributed by atoms with van der Waals surface area (Å²) in [5, 5.41) is 10.5. The Balaban J connectivity index is 1.43. The smallest absolute Gasteiger partial charge is 0.319 e. The third-order valence-corrected chi connectivity index (χ3v) is 5.29. The van der Waals surface area contributed by atoms with E-state index >= 15 is 0 Å². The van der Waals surface area contributed by atoms with Crippen LogP contribution in [0.2, 0.25) is 0 Å². The molecular formula is C22H23FN4O2S. The molecule has 2 aromatic carbocycles. The zero-order valence-electron chi connectivity index (χ0n) is 16.6. The number of rotatable bonds is 8. The Bertz CT molecular complexity index is 1000. The van der Waals surface area contributed by atoms with Crippen molar-refractivity contribution in [2.75, 3.05) is 11.9 Å². The zero-order chi connectivity index (χ0) is 21.3. The van der Waals surface area contributed by atoms with Crippen LogP contribution in [0.25, 0.3) is 0 Å². The van der Waals surface area contributed by atoms with Gasteiger partial charge < -0.3 is 16.0 Å².